The highest BCUT2D eigenvalue weighted by Crippen LogP contribution is 2.19. The van der Waals surface area contributed by atoms with Crippen LogP contribution in [0, 0.1) is 0 Å². The lowest BCUT2D eigenvalue weighted by Crippen LogP contribution is -2.48. The van der Waals surface area contributed by atoms with Gasteiger partial charge in [0.2, 0.25) is 5.91 Å². The van der Waals surface area contributed by atoms with Gasteiger partial charge >= 0.3 is 0 Å². The summed E-state index contributed by atoms with van der Waals surface area (Å²) in [6, 6.07) is 18.6. The molecule has 2 aromatic carbocycles. The molecule has 1 fully saturated rings. The van der Waals surface area contributed by atoms with Gasteiger partial charge in [-0.15, -0.1) is 0 Å². The van der Waals surface area contributed by atoms with Gasteiger partial charge in [0.15, 0.2) is 0 Å². The molecule has 0 aliphatic carbocycles. The molecule has 2 heterocycles. The number of nitrogens with one attached hydrogen (secondary N) is 1. The van der Waals surface area contributed by atoms with Gasteiger partial charge in [-0.05, 0) is 23.6 Å². The number of aromatic amines is 1. The van der Waals surface area contributed by atoms with Crippen LogP contribution in [0.15, 0.2) is 66.9 Å². The van der Waals surface area contributed by atoms with Crippen molar-refractivity contribution in [1.82, 2.24) is 14.8 Å². The molecule has 1 saturated heterocycles. The summed E-state index contributed by atoms with van der Waals surface area (Å²) in [5, 5.41) is 1.23. The van der Waals surface area contributed by atoms with E-state index in [2.05, 4.69) is 58.4 Å². The maximum Gasteiger partial charge on any atom is 0.222 e. The van der Waals surface area contributed by atoms with E-state index in [0.29, 0.717) is 6.42 Å². The van der Waals surface area contributed by atoms with Crippen molar-refractivity contribution in [3.05, 3.63) is 78.0 Å². The highest BCUT2D eigenvalue weighted by molar-refractivity contribution is 5.84. The number of amides is 1. The van der Waals surface area contributed by atoms with Crippen LogP contribution in [0.2, 0.25) is 0 Å². The summed E-state index contributed by atoms with van der Waals surface area (Å²) in [4.78, 5) is 20.3. The predicted molar refractivity (Wildman–Crippen MR) is 115 cm³/mol. The molecule has 1 aliphatic heterocycles. The molecule has 1 aromatic heterocycles. The van der Waals surface area contributed by atoms with Crippen molar-refractivity contribution in [2.45, 2.75) is 12.8 Å². The van der Waals surface area contributed by atoms with Crippen LogP contribution in [0.4, 0.5) is 0 Å². The molecule has 0 atom stereocenters. The smallest absolute Gasteiger partial charge is 0.222 e. The van der Waals surface area contributed by atoms with Crippen molar-refractivity contribution in [3.8, 4) is 0 Å². The van der Waals surface area contributed by atoms with E-state index in [4.69, 9.17) is 0 Å². The molecule has 0 radical (unpaired) electrons. The van der Waals surface area contributed by atoms with E-state index in [1.807, 2.05) is 29.3 Å². The summed E-state index contributed by atoms with van der Waals surface area (Å²) in [5.74, 6) is 0.268. The highest BCUT2D eigenvalue weighted by atomic mass is 16.2. The fourth-order valence-corrected chi connectivity index (χ4v) is 3.82. The molecule has 0 saturated carbocycles. The number of H-pyrrole nitrogens is 1. The Morgan fingerprint density at radius 2 is 1.71 bits per heavy atom. The topological polar surface area (TPSA) is 39.3 Å². The van der Waals surface area contributed by atoms with Crippen molar-refractivity contribution in [2.24, 2.45) is 0 Å². The summed E-state index contributed by atoms with van der Waals surface area (Å²) in [6.45, 7) is 4.47. The third-order valence-electron chi connectivity index (χ3n) is 5.48. The first-order valence-electron chi connectivity index (χ1n) is 10.1. The van der Waals surface area contributed by atoms with Crippen molar-refractivity contribution in [3.63, 3.8) is 0 Å². The van der Waals surface area contributed by atoms with Crippen LogP contribution >= 0.6 is 0 Å². The van der Waals surface area contributed by atoms with Crippen LogP contribution in [0.5, 0.6) is 0 Å². The van der Waals surface area contributed by atoms with Gasteiger partial charge in [0.05, 0.1) is 0 Å². The van der Waals surface area contributed by atoms with Gasteiger partial charge in [0.1, 0.15) is 0 Å². The number of hydrogen-bond acceptors (Lipinski definition) is 2. The maximum absolute atomic E-state index is 12.6. The Balaban J connectivity index is 1.22. The number of aryl methyl sites for hydroxylation is 1. The van der Waals surface area contributed by atoms with Gasteiger partial charge in [0.25, 0.3) is 0 Å². The molecular formula is C24H27N3O. The number of rotatable bonds is 6. The monoisotopic (exact) mass is 373 g/mol. The van der Waals surface area contributed by atoms with Gasteiger partial charge in [-0.3, -0.25) is 9.69 Å². The number of nitrogens with zero attached hydrogens (tertiary/aromatic N) is 2. The van der Waals surface area contributed by atoms with Gasteiger partial charge < -0.3 is 9.88 Å². The fourth-order valence-electron chi connectivity index (χ4n) is 3.82. The zero-order valence-corrected chi connectivity index (χ0v) is 16.2. The Hall–Kier alpha value is -2.85. The quantitative estimate of drug-likeness (QED) is 0.710. The molecule has 0 spiro atoms. The molecule has 1 aliphatic rings. The van der Waals surface area contributed by atoms with E-state index in [-0.39, 0.29) is 5.91 Å². The minimum Gasteiger partial charge on any atom is -0.361 e. The van der Waals surface area contributed by atoms with Crippen LogP contribution in [-0.2, 0) is 11.2 Å². The lowest BCUT2D eigenvalue weighted by atomic mass is 10.1. The average molecular weight is 374 g/mol. The number of hydrogen-bond donors (Lipinski definition) is 1. The van der Waals surface area contributed by atoms with Crippen molar-refractivity contribution >= 4 is 22.9 Å². The normalized spacial score (nSPS) is 15.5. The lowest BCUT2D eigenvalue weighted by molar-refractivity contribution is -0.132. The van der Waals surface area contributed by atoms with E-state index in [9.17, 15) is 4.79 Å². The summed E-state index contributed by atoms with van der Waals surface area (Å²) < 4.78 is 0. The fraction of sp³-hybridized carbons (Fsp3) is 0.292. The Bertz CT molecular complexity index is 937. The van der Waals surface area contributed by atoms with Gasteiger partial charge in [-0.1, -0.05) is 60.7 Å². The summed E-state index contributed by atoms with van der Waals surface area (Å²) in [6.07, 6.45) is 7.79. The van der Waals surface area contributed by atoms with E-state index >= 15 is 0 Å². The van der Waals surface area contributed by atoms with Crippen LogP contribution < -0.4 is 0 Å². The van der Waals surface area contributed by atoms with Crippen molar-refractivity contribution < 1.29 is 4.79 Å². The second-order valence-electron chi connectivity index (χ2n) is 7.35. The average Bonchev–Trinajstić information content (AvgIpc) is 3.16. The minimum atomic E-state index is 0.268. The summed E-state index contributed by atoms with van der Waals surface area (Å²) in [7, 11) is 0. The van der Waals surface area contributed by atoms with E-state index in [0.717, 1.165) is 44.7 Å². The Kier molecular flexibility index (Phi) is 5.88. The molecule has 28 heavy (non-hydrogen) atoms. The molecule has 0 bridgehead atoms. The van der Waals surface area contributed by atoms with Crippen LogP contribution in [0.25, 0.3) is 17.0 Å². The second-order valence-corrected chi connectivity index (χ2v) is 7.35. The van der Waals surface area contributed by atoms with Crippen LogP contribution in [0.1, 0.15) is 17.5 Å². The zero-order chi connectivity index (χ0) is 19.2. The van der Waals surface area contributed by atoms with Crippen molar-refractivity contribution in [1.29, 1.82) is 0 Å². The van der Waals surface area contributed by atoms with Crippen molar-refractivity contribution in [2.75, 3.05) is 32.7 Å². The number of aromatic nitrogens is 1. The van der Waals surface area contributed by atoms with Crippen LogP contribution in [-0.4, -0.2) is 53.4 Å². The van der Waals surface area contributed by atoms with E-state index < -0.39 is 0 Å². The van der Waals surface area contributed by atoms with Gasteiger partial charge in [-0.2, -0.15) is 0 Å². The van der Waals surface area contributed by atoms with E-state index in [1.54, 1.807) is 0 Å². The Morgan fingerprint density at radius 3 is 2.54 bits per heavy atom. The highest BCUT2D eigenvalue weighted by Gasteiger charge is 2.20. The van der Waals surface area contributed by atoms with Gasteiger partial charge in [0, 0.05) is 56.2 Å². The minimum absolute atomic E-state index is 0.268. The van der Waals surface area contributed by atoms with Gasteiger partial charge in [-0.25, -0.2) is 0 Å². The SMILES string of the molecule is O=C(CCc1c[nH]c2ccccc12)N1CCN(CC=Cc2ccccc2)CC1. The molecule has 0 unspecified atom stereocenters. The first-order chi connectivity index (χ1) is 13.8. The zero-order valence-electron chi connectivity index (χ0n) is 16.2. The van der Waals surface area contributed by atoms with Crippen LogP contribution in [0.3, 0.4) is 0 Å². The first kappa shape index (κ1) is 18.5. The molecule has 1 N–H and O–H groups in total. The summed E-state index contributed by atoms with van der Waals surface area (Å²) in [5.41, 5.74) is 3.60. The molecule has 1 amide bonds. The lowest BCUT2D eigenvalue weighted by Gasteiger charge is -2.34. The number of piperazine rings is 1. The Labute approximate surface area is 166 Å². The third kappa shape index (κ3) is 4.52. The number of benzene rings is 2. The number of para-hydroxylation sites is 1. The number of fused-ring (bicyclic) bond motifs is 1. The second kappa shape index (κ2) is 8.89. The summed E-state index contributed by atoms with van der Waals surface area (Å²) >= 11 is 0. The maximum atomic E-state index is 12.6. The number of carbonyl (C=O) groups is 1. The molecular weight excluding hydrogens is 346 g/mol. The first-order valence-corrected chi connectivity index (χ1v) is 10.1. The molecule has 4 rings (SSSR count). The van der Waals surface area contributed by atoms with E-state index in [1.165, 1.54) is 16.5 Å². The third-order valence-corrected chi connectivity index (χ3v) is 5.48. The molecule has 3 aromatic rings. The molecule has 4 nitrogen and oxygen atoms in total. The molecule has 144 valence electrons. The largest absolute Gasteiger partial charge is 0.361 e. The predicted octanol–water partition coefficient (Wildman–Crippen LogP) is 3.96. The Morgan fingerprint density at radius 1 is 0.964 bits per heavy atom. The molecule has 4 heteroatoms. The standard InChI is InChI=1S/C24H27N3O/c28-24(13-12-21-19-25-23-11-5-4-10-22(21)23)27-17-15-26(16-18-27)14-6-9-20-7-2-1-3-8-20/h1-11,19,25H,12-18H2. The number of carbonyl (C=O) groups excluding carboxylic acids is 1.